The van der Waals surface area contributed by atoms with Gasteiger partial charge in [-0.25, -0.2) is 4.79 Å². The molecule has 1 heterocycles. The third-order valence-electron chi connectivity index (χ3n) is 3.64. The van der Waals surface area contributed by atoms with Gasteiger partial charge in [-0.2, -0.15) is 0 Å². The van der Waals surface area contributed by atoms with Gasteiger partial charge in [-0.15, -0.1) is 0 Å². The Balaban J connectivity index is 1.88. The lowest BCUT2D eigenvalue weighted by Gasteiger charge is -2.12. The van der Waals surface area contributed by atoms with Crippen LogP contribution in [0.25, 0.3) is 11.1 Å². The number of hydrogen-bond acceptors (Lipinski definition) is 3. The van der Waals surface area contributed by atoms with E-state index in [0.717, 1.165) is 21.3 Å². The van der Waals surface area contributed by atoms with Crippen LogP contribution >= 0.6 is 15.9 Å². The van der Waals surface area contributed by atoms with Crippen LogP contribution in [0.2, 0.25) is 0 Å². The highest BCUT2D eigenvalue weighted by Gasteiger charge is 2.14. The van der Waals surface area contributed by atoms with Crippen LogP contribution in [0.4, 0.5) is 5.69 Å². The average Bonchev–Trinajstić information content (AvgIpc) is 2.79. The van der Waals surface area contributed by atoms with Crippen molar-refractivity contribution in [2.45, 2.75) is 20.4 Å². The maximum absolute atomic E-state index is 12.3. The zero-order valence-electron chi connectivity index (χ0n) is 12.7. The highest BCUT2D eigenvalue weighted by molar-refractivity contribution is 9.10. The lowest BCUT2D eigenvalue weighted by atomic mass is 10.1. The van der Waals surface area contributed by atoms with Crippen LogP contribution in [0.3, 0.4) is 0 Å². The van der Waals surface area contributed by atoms with Crippen molar-refractivity contribution < 1.29 is 9.21 Å². The Labute approximate surface area is 141 Å². The van der Waals surface area contributed by atoms with Crippen LogP contribution < -0.4 is 11.1 Å². The maximum Gasteiger partial charge on any atom is 0.420 e. The Hall–Kier alpha value is -2.34. The number of para-hydroxylation sites is 2. The minimum atomic E-state index is -0.536. The molecular formula is C17H15BrN2O3. The van der Waals surface area contributed by atoms with E-state index in [0.29, 0.717) is 11.1 Å². The minimum absolute atomic E-state index is 0.0925. The monoisotopic (exact) mass is 374 g/mol. The summed E-state index contributed by atoms with van der Waals surface area (Å²) in [5, 5.41) is 2.87. The Bertz CT molecular complexity index is 933. The molecule has 0 bridgehead atoms. The van der Waals surface area contributed by atoms with Gasteiger partial charge in [0.2, 0.25) is 5.91 Å². The van der Waals surface area contributed by atoms with Crippen molar-refractivity contribution in [3.8, 4) is 0 Å². The molecule has 0 saturated carbocycles. The van der Waals surface area contributed by atoms with Crippen molar-refractivity contribution in [1.29, 1.82) is 0 Å². The molecule has 0 saturated heterocycles. The molecule has 0 spiro atoms. The number of anilines is 1. The number of aromatic nitrogens is 1. The van der Waals surface area contributed by atoms with Gasteiger partial charge in [0.15, 0.2) is 5.58 Å². The van der Waals surface area contributed by atoms with Gasteiger partial charge < -0.3 is 9.73 Å². The molecule has 5 nitrogen and oxygen atoms in total. The number of carbonyl (C=O) groups is 1. The van der Waals surface area contributed by atoms with E-state index >= 15 is 0 Å². The predicted molar refractivity (Wildman–Crippen MR) is 92.7 cm³/mol. The van der Waals surface area contributed by atoms with E-state index in [9.17, 15) is 9.59 Å². The van der Waals surface area contributed by atoms with Gasteiger partial charge in [-0.05, 0) is 49.2 Å². The second kappa shape index (κ2) is 6.04. The molecular weight excluding hydrogens is 360 g/mol. The number of nitrogens with zero attached hydrogens (tertiary/aromatic N) is 1. The lowest BCUT2D eigenvalue weighted by Crippen LogP contribution is -2.25. The molecule has 6 heteroatoms. The smallest absolute Gasteiger partial charge is 0.408 e. The Morgan fingerprint density at radius 3 is 2.57 bits per heavy atom. The topological polar surface area (TPSA) is 64.2 Å². The summed E-state index contributed by atoms with van der Waals surface area (Å²) < 4.78 is 7.42. The number of oxazole rings is 1. The van der Waals surface area contributed by atoms with Gasteiger partial charge >= 0.3 is 5.76 Å². The molecule has 0 atom stereocenters. The third-order valence-corrected chi connectivity index (χ3v) is 4.10. The summed E-state index contributed by atoms with van der Waals surface area (Å²) in [6, 6.07) is 10.9. The first-order valence-electron chi connectivity index (χ1n) is 7.10. The van der Waals surface area contributed by atoms with Crippen LogP contribution in [-0.2, 0) is 11.3 Å². The van der Waals surface area contributed by atoms with Gasteiger partial charge in [0, 0.05) is 10.2 Å². The fourth-order valence-electron chi connectivity index (χ4n) is 2.59. The van der Waals surface area contributed by atoms with Gasteiger partial charge in [-0.3, -0.25) is 9.36 Å². The summed E-state index contributed by atoms with van der Waals surface area (Å²) in [5.41, 5.74) is 3.75. The summed E-state index contributed by atoms with van der Waals surface area (Å²) in [6.07, 6.45) is 0. The van der Waals surface area contributed by atoms with E-state index in [-0.39, 0.29) is 12.5 Å². The zero-order chi connectivity index (χ0) is 16.6. The van der Waals surface area contributed by atoms with E-state index in [1.54, 1.807) is 24.3 Å². The molecule has 0 unspecified atom stereocenters. The minimum Gasteiger partial charge on any atom is -0.408 e. The molecule has 1 N–H and O–H groups in total. The highest BCUT2D eigenvalue weighted by Crippen LogP contribution is 2.25. The Morgan fingerprint density at radius 1 is 1.22 bits per heavy atom. The Morgan fingerprint density at radius 2 is 1.87 bits per heavy atom. The average molecular weight is 375 g/mol. The third kappa shape index (κ3) is 3.07. The summed E-state index contributed by atoms with van der Waals surface area (Å²) in [6.45, 7) is 3.75. The number of benzene rings is 2. The highest BCUT2D eigenvalue weighted by atomic mass is 79.9. The molecule has 0 aliphatic heterocycles. The Kier molecular flexibility index (Phi) is 4.09. The molecule has 23 heavy (non-hydrogen) atoms. The normalized spacial score (nSPS) is 10.9. The molecule has 0 fully saturated rings. The summed E-state index contributed by atoms with van der Waals surface area (Å²) in [5.74, 6) is -0.808. The molecule has 3 aromatic rings. The number of nitrogens with one attached hydrogen (secondary N) is 1. The van der Waals surface area contributed by atoms with Crippen molar-refractivity contribution >= 4 is 38.6 Å². The zero-order valence-corrected chi connectivity index (χ0v) is 14.3. The largest absolute Gasteiger partial charge is 0.420 e. The van der Waals surface area contributed by atoms with E-state index < -0.39 is 5.76 Å². The molecule has 2 aromatic carbocycles. The summed E-state index contributed by atoms with van der Waals surface area (Å²) in [7, 11) is 0. The van der Waals surface area contributed by atoms with Gasteiger partial charge in [0.25, 0.3) is 0 Å². The van der Waals surface area contributed by atoms with Crippen LogP contribution in [0.5, 0.6) is 0 Å². The fraction of sp³-hybridized carbons (Fsp3) is 0.176. The molecule has 0 aliphatic rings. The first-order chi connectivity index (χ1) is 11.0. The molecule has 1 aromatic heterocycles. The van der Waals surface area contributed by atoms with Crippen molar-refractivity contribution in [2.75, 3.05) is 5.32 Å². The molecule has 1 amide bonds. The van der Waals surface area contributed by atoms with Crippen LogP contribution in [0, 0.1) is 13.8 Å². The van der Waals surface area contributed by atoms with Crippen molar-refractivity contribution in [1.82, 2.24) is 4.57 Å². The summed E-state index contributed by atoms with van der Waals surface area (Å²) in [4.78, 5) is 24.3. The van der Waals surface area contributed by atoms with E-state index in [1.807, 2.05) is 26.0 Å². The summed E-state index contributed by atoms with van der Waals surface area (Å²) >= 11 is 3.43. The van der Waals surface area contributed by atoms with Crippen LogP contribution in [0.1, 0.15) is 11.1 Å². The number of aryl methyl sites for hydroxylation is 2. The number of amides is 1. The second-order valence-electron chi connectivity index (χ2n) is 5.38. The van der Waals surface area contributed by atoms with Crippen LogP contribution in [-0.4, -0.2) is 10.5 Å². The van der Waals surface area contributed by atoms with E-state index in [1.165, 1.54) is 4.57 Å². The maximum atomic E-state index is 12.3. The quantitative estimate of drug-likeness (QED) is 0.761. The number of fused-ring (bicyclic) bond motifs is 1. The van der Waals surface area contributed by atoms with Gasteiger partial charge in [-0.1, -0.05) is 28.1 Å². The van der Waals surface area contributed by atoms with Crippen molar-refractivity contribution in [3.05, 3.63) is 62.5 Å². The number of rotatable bonds is 3. The second-order valence-corrected chi connectivity index (χ2v) is 6.30. The van der Waals surface area contributed by atoms with E-state index in [2.05, 4.69) is 21.2 Å². The number of hydrogen-bond donors (Lipinski definition) is 1. The molecule has 0 radical (unpaired) electrons. The van der Waals surface area contributed by atoms with Crippen molar-refractivity contribution in [3.63, 3.8) is 0 Å². The first-order valence-corrected chi connectivity index (χ1v) is 7.90. The van der Waals surface area contributed by atoms with E-state index in [4.69, 9.17) is 4.42 Å². The molecule has 118 valence electrons. The molecule has 3 rings (SSSR count). The molecule has 0 aliphatic carbocycles. The first kappa shape index (κ1) is 15.6. The number of halogens is 1. The fourth-order valence-corrected chi connectivity index (χ4v) is 3.28. The van der Waals surface area contributed by atoms with Gasteiger partial charge in [0.1, 0.15) is 6.54 Å². The van der Waals surface area contributed by atoms with Gasteiger partial charge in [0.05, 0.1) is 5.52 Å². The van der Waals surface area contributed by atoms with Crippen molar-refractivity contribution in [2.24, 2.45) is 0 Å². The standard InChI is InChI=1S/C17H15BrN2O3/c1-10-7-12(18)8-11(2)16(10)19-15(21)9-20-13-5-3-4-6-14(13)23-17(20)22/h3-8H,9H2,1-2H3,(H,19,21). The van der Waals surface area contributed by atoms with Crippen LogP contribution in [0.15, 0.2) is 50.1 Å². The SMILES string of the molecule is Cc1cc(Br)cc(C)c1NC(=O)Cn1c(=O)oc2ccccc21. The lowest BCUT2D eigenvalue weighted by molar-refractivity contribution is -0.116. The predicted octanol–water partition coefficient (Wildman–Crippen LogP) is 3.61. The number of carbonyl (C=O) groups excluding carboxylic acids is 1.